The van der Waals surface area contributed by atoms with Gasteiger partial charge >= 0.3 is 17.9 Å². The van der Waals surface area contributed by atoms with Crippen molar-refractivity contribution >= 4 is 29.7 Å². The summed E-state index contributed by atoms with van der Waals surface area (Å²) in [6, 6.07) is -1.37. The number of esters is 3. The quantitative estimate of drug-likeness (QED) is 0.0468. The number of rotatable bonds is 22. The molecule has 2 amide bonds. The third-order valence-corrected chi connectivity index (χ3v) is 9.93. The smallest absolute Gasteiger partial charge is 0.329 e. The van der Waals surface area contributed by atoms with E-state index in [0.717, 1.165) is 38.5 Å². The maximum Gasteiger partial charge on any atom is 0.329 e. The number of carbonyl (C=O) groups is 5. The minimum atomic E-state index is -0.613. The van der Waals surface area contributed by atoms with Crippen LogP contribution in [0.1, 0.15) is 144 Å². The van der Waals surface area contributed by atoms with Gasteiger partial charge in [-0.3, -0.25) is 14.4 Å². The van der Waals surface area contributed by atoms with Crippen LogP contribution in [-0.2, 0) is 38.2 Å². The Kier molecular flexibility index (Phi) is 25.0. The lowest BCUT2D eigenvalue weighted by atomic mass is 9.91. The Morgan fingerprint density at radius 1 is 0.788 bits per heavy atom. The van der Waals surface area contributed by atoms with Crippen LogP contribution in [0.2, 0.25) is 0 Å². The molecule has 0 spiro atoms. The van der Waals surface area contributed by atoms with Gasteiger partial charge in [-0.2, -0.15) is 0 Å². The zero-order chi connectivity index (χ0) is 38.9. The molecule has 6 atom stereocenters. The van der Waals surface area contributed by atoms with Crippen LogP contribution in [0.3, 0.4) is 0 Å². The van der Waals surface area contributed by atoms with E-state index in [1.165, 1.54) is 44.9 Å². The fraction of sp³-hybridized carbons (Fsp3) is 0.825. The second-order valence-corrected chi connectivity index (χ2v) is 15.1. The van der Waals surface area contributed by atoms with Gasteiger partial charge in [0.05, 0.1) is 32.3 Å². The van der Waals surface area contributed by atoms with E-state index in [4.69, 9.17) is 19.9 Å². The fourth-order valence-electron chi connectivity index (χ4n) is 6.33. The first-order chi connectivity index (χ1) is 24.8. The van der Waals surface area contributed by atoms with Crippen LogP contribution in [-0.4, -0.2) is 78.9 Å². The molecule has 300 valence electrons. The molecule has 12 heteroatoms. The first-order valence-electron chi connectivity index (χ1n) is 19.9. The summed E-state index contributed by atoms with van der Waals surface area (Å²) in [6.07, 6.45) is 18.0. The van der Waals surface area contributed by atoms with Crippen molar-refractivity contribution < 1.29 is 43.3 Å². The van der Waals surface area contributed by atoms with Gasteiger partial charge in [0, 0.05) is 24.7 Å². The number of unbranched alkanes of at least 4 members (excludes halogenated alkanes) is 11. The summed E-state index contributed by atoms with van der Waals surface area (Å²) >= 11 is 0. The minimum absolute atomic E-state index is 0.0319. The Morgan fingerprint density at radius 3 is 1.90 bits per heavy atom. The number of aliphatic hydroxyl groups is 1. The molecule has 3 aliphatic heterocycles. The lowest BCUT2D eigenvalue weighted by molar-refractivity contribution is -0.141. The summed E-state index contributed by atoms with van der Waals surface area (Å²) in [7, 11) is 0. The third kappa shape index (κ3) is 19.7. The molecule has 4 unspecified atom stereocenters. The highest BCUT2D eigenvalue weighted by Crippen LogP contribution is 2.23. The zero-order valence-corrected chi connectivity index (χ0v) is 32.8. The van der Waals surface area contributed by atoms with E-state index < -0.39 is 18.2 Å². The van der Waals surface area contributed by atoms with Crippen molar-refractivity contribution in [2.75, 3.05) is 19.8 Å². The van der Waals surface area contributed by atoms with Gasteiger partial charge in [-0.25, -0.2) is 9.59 Å². The van der Waals surface area contributed by atoms with Crippen LogP contribution < -0.4 is 16.4 Å². The second-order valence-electron chi connectivity index (χ2n) is 15.1. The lowest BCUT2D eigenvalue weighted by Crippen LogP contribution is -2.43. The van der Waals surface area contributed by atoms with Crippen molar-refractivity contribution in [3.05, 3.63) is 12.7 Å². The molecule has 5 N–H and O–H groups in total. The molecule has 0 saturated carbocycles. The van der Waals surface area contributed by atoms with E-state index in [1.807, 2.05) is 19.9 Å². The number of hydrogen-bond acceptors (Lipinski definition) is 10. The van der Waals surface area contributed by atoms with Crippen molar-refractivity contribution in [2.45, 2.75) is 168 Å². The fourth-order valence-corrected chi connectivity index (χ4v) is 6.33. The second kappa shape index (κ2) is 27.6. The average molecular weight is 738 g/mol. The minimum Gasteiger partial charge on any atom is -0.464 e. The Balaban J connectivity index is 0.000000414. The number of carbonyl (C=O) groups excluding carboxylic acids is 5. The topological polar surface area (TPSA) is 183 Å². The summed E-state index contributed by atoms with van der Waals surface area (Å²) in [5.41, 5.74) is 5.55. The molecule has 0 aromatic heterocycles. The molecular formula is C40H71N3O9. The number of ether oxygens (including phenoxy) is 3. The Bertz CT molecular complexity index is 1070. The van der Waals surface area contributed by atoms with Crippen molar-refractivity contribution in [1.82, 2.24) is 10.6 Å². The Morgan fingerprint density at radius 2 is 1.37 bits per heavy atom. The van der Waals surface area contributed by atoms with Crippen LogP contribution in [0.5, 0.6) is 0 Å². The molecule has 12 nitrogen and oxygen atoms in total. The molecule has 0 aromatic carbocycles. The van der Waals surface area contributed by atoms with Crippen molar-refractivity contribution in [1.29, 1.82) is 0 Å². The number of aliphatic hydroxyl groups excluding tert-OH is 1. The van der Waals surface area contributed by atoms with Gasteiger partial charge in [0.1, 0.15) is 18.1 Å². The summed E-state index contributed by atoms with van der Waals surface area (Å²) in [4.78, 5) is 57.2. The molecule has 3 saturated heterocycles. The molecule has 3 fully saturated rings. The highest BCUT2D eigenvalue weighted by Gasteiger charge is 2.39. The van der Waals surface area contributed by atoms with Gasteiger partial charge in [0.25, 0.3) is 0 Å². The molecular weight excluding hydrogens is 666 g/mol. The third-order valence-electron chi connectivity index (χ3n) is 9.93. The summed E-state index contributed by atoms with van der Waals surface area (Å²) in [5.74, 6) is -0.138. The number of nitrogens with one attached hydrogen (secondary N) is 2. The van der Waals surface area contributed by atoms with Crippen LogP contribution in [0.15, 0.2) is 12.7 Å². The van der Waals surface area contributed by atoms with Crippen LogP contribution in [0.4, 0.5) is 0 Å². The number of cyclic esters (lactones) is 3. The molecule has 3 aliphatic rings. The maximum absolute atomic E-state index is 11.9. The SMILES string of the molecule is C=CCCCCCCCC(=O)NC1C(=O)OC[C@@H]1C(C)C.CC(C)[C@H]1COC(=O)C1N.CCCCCCCCCC(O)CC(=O)NC1CCOC1=O. The highest BCUT2D eigenvalue weighted by molar-refractivity contribution is 5.86. The predicted octanol–water partition coefficient (Wildman–Crippen LogP) is 5.67. The van der Waals surface area contributed by atoms with Crippen molar-refractivity contribution in [3.63, 3.8) is 0 Å². The molecule has 52 heavy (non-hydrogen) atoms. The van der Waals surface area contributed by atoms with E-state index in [-0.39, 0.29) is 54.0 Å². The largest absolute Gasteiger partial charge is 0.464 e. The first kappa shape index (κ1) is 47.0. The summed E-state index contributed by atoms with van der Waals surface area (Å²) in [5, 5.41) is 15.3. The molecule has 0 aliphatic carbocycles. The molecule has 0 radical (unpaired) electrons. The van der Waals surface area contributed by atoms with Crippen LogP contribution in [0, 0.1) is 23.7 Å². The number of allylic oxidation sites excluding steroid dienone is 1. The van der Waals surface area contributed by atoms with E-state index >= 15 is 0 Å². The van der Waals surface area contributed by atoms with Gasteiger partial charge in [0.15, 0.2) is 0 Å². The highest BCUT2D eigenvalue weighted by atomic mass is 16.5. The summed E-state index contributed by atoms with van der Waals surface area (Å²) in [6.45, 7) is 15.4. The van der Waals surface area contributed by atoms with Gasteiger partial charge in [-0.1, -0.05) is 105 Å². The van der Waals surface area contributed by atoms with Crippen LogP contribution in [0.25, 0.3) is 0 Å². The van der Waals surface area contributed by atoms with Gasteiger partial charge in [-0.05, 0) is 37.5 Å². The normalized spacial score (nSPS) is 22.8. The molecule has 3 heterocycles. The van der Waals surface area contributed by atoms with E-state index in [1.54, 1.807) is 0 Å². The zero-order valence-electron chi connectivity index (χ0n) is 32.8. The van der Waals surface area contributed by atoms with E-state index in [2.05, 4.69) is 38.0 Å². The Labute approximate surface area is 313 Å². The van der Waals surface area contributed by atoms with Gasteiger partial charge < -0.3 is 35.7 Å². The van der Waals surface area contributed by atoms with Crippen molar-refractivity contribution in [3.8, 4) is 0 Å². The van der Waals surface area contributed by atoms with E-state index in [0.29, 0.717) is 50.9 Å². The Hall–Kier alpha value is -2.99. The molecule has 0 aromatic rings. The number of hydrogen-bond donors (Lipinski definition) is 4. The number of amides is 2. The van der Waals surface area contributed by atoms with E-state index in [9.17, 15) is 29.1 Å². The maximum atomic E-state index is 11.9. The van der Waals surface area contributed by atoms with Gasteiger partial charge in [0.2, 0.25) is 11.8 Å². The lowest BCUT2D eigenvalue weighted by Gasteiger charge is -2.19. The van der Waals surface area contributed by atoms with Crippen LogP contribution >= 0.6 is 0 Å². The number of nitrogens with two attached hydrogens (primary N) is 1. The average Bonchev–Trinajstić information content (AvgIpc) is 3.78. The monoisotopic (exact) mass is 738 g/mol. The summed E-state index contributed by atoms with van der Waals surface area (Å²) < 4.78 is 14.6. The predicted molar refractivity (Wildman–Crippen MR) is 202 cm³/mol. The molecule has 0 bridgehead atoms. The first-order valence-corrected chi connectivity index (χ1v) is 19.9. The van der Waals surface area contributed by atoms with Gasteiger partial charge in [-0.15, -0.1) is 6.58 Å². The standard InChI is InChI=1S/C17H29NO3.C16H29NO4.C7H13NO2/c1-4-5-6-7-8-9-10-11-15(19)18-16-14(13(2)3)12-21-17(16)20;1-2-3-4-5-6-7-8-9-13(18)12-15(19)17-14-10-11-21-16(14)20;1-4(2)5-3-10-7(9)6(5)8/h4,13-14,16H,1,5-12H2,2-3H3,(H,18,19);13-14,18H,2-12H2,1H3,(H,17,19);4-6H,3,8H2,1-2H3/t14-,16?;;5-,6?/m1.1/s1. The van der Waals surface area contributed by atoms with Crippen molar-refractivity contribution in [2.24, 2.45) is 29.4 Å². The molecule has 3 rings (SSSR count).